The molecule has 2 N–H and O–H groups in total. The van der Waals surface area contributed by atoms with Gasteiger partial charge in [-0.1, -0.05) is 17.7 Å². The summed E-state index contributed by atoms with van der Waals surface area (Å²) in [5.41, 5.74) is 0.596. The number of halogens is 1. The minimum Gasteiger partial charge on any atom is -0.393 e. The monoisotopic (exact) mass is 298 g/mol. The van der Waals surface area contributed by atoms with Gasteiger partial charge >= 0.3 is 0 Å². The highest BCUT2D eigenvalue weighted by molar-refractivity contribution is 6.31. The van der Waals surface area contributed by atoms with E-state index >= 15 is 0 Å². The van der Waals surface area contributed by atoms with Crippen LogP contribution in [0.1, 0.15) is 31.2 Å². The Labute approximate surface area is 123 Å². The Kier molecular flexibility index (Phi) is 5.34. The fourth-order valence-electron chi connectivity index (χ4n) is 2.64. The molecule has 0 bridgehead atoms. The maximum Gasteiger partial charge on any atom is 0.275 e. The van der Waals surface area contributed by atoms with Gasteiger partial charge in [0.2, 0.25) is 0 Å². The molecule has 0 heterocycles. The summed E-state index contributed by atoms with van der Waals surface area (Å²) in [5.74, 6) is 0.528. The Hall–Kier alpha value is -1.17. The van der Waals surface area contributed by atoms with Crippen molar-refractivity contribution in [3.05, 3.63) is 38.9 Å². The van der Waals surface area contributed by atoms with E-state index in [9.17, 15) is 15.2 Å². The lowest BCUT2D eigenvalue weighted by atomic mass is 9.87. The standard InChI is InChI=1S/C14H19ClN2O3/c15-13-2-1-3-14(17(19)20)12(13)9-16-8-10-4-6-11(18)7-5-10/h1-3,10-11,16,18H,4-9H2. The predicted octanol–water partition coefficient (Wildman–Crippen LogP) is 2.89. The predicted molar refractivity (Wildman–Crippen MR) is 77.8 cm³/mol. The van der Waals surface area contributed by atoms with Gasteiger partial charge in [0.25, 0.3) is 5.69 Å². The zero-order chi connectivity index (χ0) is 14.5. The van der Waals surface area contributed by atoms with Crippen LogP contribution in [0.4, 0.5) is 5.69 Å². The van der Waals surface area contributed by atoms with Crippen molar-refractivity contribution >= 4 is 17.3 Å². The van der Waals surface area contributed by atoms with Crippen LogP contribution in [0.2, 0.25) is 5.02 Å². The molecule has 1 fully saturated rings. The maximum absolute atomic E-state index is 11.0. The molecule has 0 atom stereocenters. The minimum atomic E-state index is -0.403. The minimum absolute atomic E-state index is 0.0593. The highest BCUT2D eigenvalue weighted by Gasteiger charge is 2.20. The average Bonchev–Trinajstić information content (AvgIpc) is 2.42. The number of hydrogen-bond acceptors (Lipinski definition) is 4. The van der Waals surface area contributed by atoms with Crippen molar-refractivity contribution in [1.29, 1.82) is 0 Å². The van der Waals surface area contributed by atoms with Gasteiger partial charge in [-0.05, 0) is 44.2 Å². The second kappa shape index (κ2) is 7.02. The van der Waals surface area contributed by atoms with E-state index in [-0.39, 0.29) is 11.8 Å². The summed E-state index contributed by atoms with van der Waals surface area (Å²) in [6, 6.07) is 4.73. The quantitative estimate of drug-likeness (QED) is 0.647. The fourth-order valence-corrected chi connectivity index (χ4v) is 2.88. The van der Waals surface area contributed by atoms with Crippen molar-refractivity contribution in [2.45, 2.75) is 38.3 Å². The van der Waals surface area contributed by atoms with Crippen molar-refractivity contribution in [3.63, 3.8) is 0 Å². The van der Waals surface area contributed by atoms with Crippen molar-refractivity contribution in [3.8, 4) is 0 Å². The van der Waals surface area contributed by atoms with Crippen LogP contribution in [-0.2, 0) is 6.54 Å². The van der Waals surface area contributed by atoms with E-state index < -0.39 is 4.92 Å². The molecule has 0 aliphatic heterocycles. The molecule has 20 heavy (non-hydrogen) atoms. The molecule has 110 valence electrons. The van der Waals surface area contributed by atoms with E-state index in [1.807, 2.05) is 0 Å². The molecule has 1 aliphatic rings. The van der Waals surface area contributed by atoms with Gasteiger partial charge < -0.3 is 10.4 Å². The first kappa shape index (κ1) is 15.2. The van der Waals surface area contributed by atoms with Crippen molar-refractivity contribution in [1.82, 2.24) is 5.32 Å². The number of nitro groups is 1. The third-order valence-corrected chi connectivity index (χ3v) is 4.20. The van der Waals surface area contributed by atoms with Crippen LogP contribution in [0, 0.1) is 16.0 Å². The lowest BCUT2D eigenvalue weighted by Crippen LogP contribution is -2.28. The van der Waals surface area contributed by atoms with Gasteiger partial charge in [-0.3, -0.25) is 10.1 Å². The molecule has 1 aromatic carbocycles. The van der Waals surface area contributed by atoms with Crippen molar-refractivity contribution in [2.75, 3.05) is 6.54 Å². The third kappa shape index (κ3) is 3.91. The molecule has 0 radical (unpaired) electrons. The zero-order valence-corrected chi connectivity index (χ0v) is 12.0. The summed E-state index contributed by atoms with van der Waals surface area (Å²) >= 11 is 6.04. The van der Waals surface area contributed by atoms with Gasteiger partial charge in [-0.25, -0.2) is 0 Å². The first-order valence-corrected chi connectivity index (χ1v) is 7.26. The fraction of sp³-hybridized carbons (Fsp3) is 0.571. The summed E-state index contributed by atoms with van der Waals surface area (Å²) in [4.78, 5) is 10.6. The maximum atomic E-state index is 11.0. The van der Waals surface area contributed by atoms with E-state index in [1.54, 1.807) is 12.1 Å². The Bertz CT molecular complexity index is 473. The van der Waals surface area contributed by atoms with Crippen molar-refractivity contribution < 1.29 is 10.0 Å². The molecular weight excluding hydrogens is 280 g/mol. The van der Waals surface area contributed by atoms with Crippen LogP contribution in [0.25, 0.3) is 0 Å². The molecule has 5 nitrogen and oxygen atoms in total. The van der Waals surface area contributed by atoms with E-state index in [0.717, 1.165) is 32.2 Å². The van der Waals surface area contributed by atoms with Gasteiger partial charge in [0.15, 0.2) is 0 Å². The van der Waals surface area contributed by atoms with E-state index in [1.165, 1.54) is 6.07 Å². The van der Waals surface area contributed by atoms with Crippen LogP contribution in [0.3, 0.4) is 0 Å². The Morgan fingerprint density at radius 3 is 2.70 bits per heavy atom. The molecule has 2 rings (SSSR count). The Morgan fingerprint density at radius 1 is 1.35 bits per heavy atom. The van der Waals surface area contributed by atoms with Crippen LogP contribution in [0.15, 0.2) is 18.2 Å². The molecule has 1 aromatic rings. The Balaban J connectivity index is 1.89. The zero-order valence-electron chi connectivity index (χ0n) is 11.2. The van der Waals surface area contributed by atoms with Gasteiger partial charge in [0, 0.05) is 12.6 Å². The number of rotatable bonds is 5. The molecule has 0 spiro atoms. The lowest BCUT2D eigenvalue weighted by Gasteiger charge is -2.25. The molecule has 0 saturated heterocycles. The van der Waals surface area contributed by atoms with Crippen LogP contribution < -0.4 is 5.32 Å². The smallest absolute Gasteiger partial charge is 0.275 e. The van der Waals surface area contributed by atoms with E-state index in [0.29, 0.717) is 23.0 Å². The Morgan fingerprint density at radius 2 is 2.05 bits per heavy atom. The van der Waals surface area contributed by atoms with Gasteiger partial charge in [-0.15, -0.1) is 0 Å². The number of nitro benzene ring substituents is 1. The average molecular weight is 299 g/mol. The second-order valence-corrected chi connectivity index (χ2v) is 5.71. The van der Waals surface area contributed by atoms with Crippen LogP contribution in [0.5, 0.6) is 0 Å². The molecule has 1 aliphatic carbocycles. The summed E-state index contributed by atoms with van der Waals surface area (Å²) in [6.45, 7) is 1.20. The first-order valence-electron chi connectivity index (χ1n) is 6.88. The molecule has 0 unspecified atom stereocenters. The van der Waals surface area contributed by atoms with E-state index in [2.05, 4.69) is 5.32 Å². The van der Waals surface area contributed by atoms with E-state index in [4.69, 9.17) is 11.6 Å². The second-order valence-electron chi connectivity index (χ2n) is 5.30. The number of hydrogen-bond donors (Lipinski definition) is 2. The highest BCUT2D eigenvalue weighted by Crippen LogP contribution is 2.27. The topological polar surface area (TPSA) is 75.4 Å². The number of nitrogens with zero attached hydrogens (tertiary/aromatic N) is 1. The molecular formula is C14H19ClN2O3. The van der Waals surface area contributed by atoms with Crippen LogP contribution >= 0.6 is 11.6 Å². The lowest BCUT2D eigenvalue weighted by molar-refractivity contribution is -0.385. The van der Waals surface area contributed by atoms with Gasteiger partial charge in [0.05, 0.1) is 21.6 Å². The molecule has 0 aromatic heterocycles. The van der Waals surface area contributed by atoms with Crippen LogP contribution in [-0.4, -0.2) is 22.7 Å². The number of aliphatic hydroxyl groups excluding tert-OH is 1. The van der Waals surface area contributed by atoms with Gasteiger partial charge in [0.1, 0.15) is 0 Å². The summed E-state index contributed by atoms with van der Waals surface area (Å²) < 4.78 is 0. The SMILES string of the molecule is O=[N+]([O-])c1cccc(Cl)c1CNCC1CCC(O)CC1. The highest BCUT2D eigenvalue weighted by atomic mass is 35.5. The normalized spacial score (nSPS) is 22.7. The molecule has 0 amide bonds. The summed E-state index contributed by atoms with van der Waals surface area (Å²) in [5, 5.41) is 24.1. The largest absolute Gasteiger partial charge is 0.393 e. The number of nitrogens with one attached hydrogen (secondary N) is 1. The number of aliphatic hydroxyl groups is 1. The van der Waals surface area contributed by atoms with Crippen molar-refractivity contribution in [2.24, 2.45) is 5.92 Å². The number of benzene rings is 1. The summed E-state index contributed by atoms with van der Waals surface area (Å²) in [6.07, 6.45) is 3.53. The van der Waals surface area contributed by atoms with Gasteiger partial charge in [-0.2, -0.15) is 0 Å². The third-order valence-electron chi connectivity index (χ3n) is 3.84. The first-order chi connectivity index (χ1) is 9.58. The molecule has 1 saturated carbocycles. The summed E-state index contributed by atoms with van der Waals surface area (Å²) in [7, 11) is 0. The molecule has 6 heteroatoms.